The first-order chi connectivity index (χ1) is 7.34. The van der Waals surface area contributed by atoms with E-state index in [1.54, 1.807) is 0 Å². The molecule has 0 spiro atoms. The second-order valence-corrected chi connectivity index (χ2v) is 5.36. The number of hydrogen-bond donors (Lipinski definition) is 0. The van der Waals surface area contributed by atoms with E-state index in [-0.39, 0.29) is 18.0 Å². The van der Waals surface area contributed by atoms with Crippen LogP contribution >= 0.6 is 11.8 Å². The molecule has 1 saturated carbocycles. The van der Waals surface area contributed by atoms with Gasteiger partial charge in [0.2, 0.25) is 0 Å². The van der Waals surface area contributed by atoms with E-state index in [0.717, 1.165) is 12.8 Å². The van der Waals surface area contributed by atoms with Gasteiger partial charge >= 0.3 is 5.97 Å². The van der Waals surface area contributed by atoms with Crippen molar-refractivity contribution in [2.24, 2.45) is 5.92 Å². The van der Waals surface area contributed by atoms with Crippen molar-refractivity contribution in [1.82, 2.24) is 0 Å². The molecule has 0 N–H and O–H groups in total. The molecule has 1 saturated heterocycles. The number of benzene rings is 1. The van der Waals surface area contributed by atoms with E-state index in [0.29, 0.717) is 5.25 Å². The zero-order chi connectivity index (χ0) is 10.3. The first-order valence-electron chi connectivity index (χ1n) is 5.27. The predicted molar refractivity (Wildman–Crippen MR) is 58.7 cm³/mol. The molecule has 0 radical (unpaired) electrons. The van der Waals surface area contributed by atoms with Crippen LogP contribution in [-0.2, 0) is 9.53 Å². The van der Waals surface area contributed by atoms with Gasteiger partial charge in [-0.15, -0.1) is 11.8 Å². The summed E-state index contributed by atoms with van der Waals surface area (Å²) in [6.07, 6.45) is 2.36. The minimum absolute atomic E-state index is 0.00549. The Balaban J connectivity index is 1.72. The lowest BCUT2D eigenvalue weighted by atomic mass is 10.0. The zero-order valence-electron chi connectivity index (χ0n) is 8.26. The standard InChI is InChI=1S/C12H12O2S/c13-12-11-9(14-12)6-7-10(11)15-8-4-2-1-3-5-8/h1-5,9-11H,6-7H2/t9-,10-,11-/m0/s1. The predicted octanol–water partition coefficient (Wildman–Crippen LogP) is 2.48. The van der Waals surface area contributed by atoms with Crippen LogP contribution in [0.25, 0.3) is 0 Å². The second-order valence-electron chi connectivity index (χ2n) is 4.05. The summed E-state index contributed by atoms with van der Waals surface area (Å²) in [5, 5.41) is 0.429. The topological polar surface area (TPSA) is 26.3 Å². The molecular formula is C12H12O2S. The minimum Gasteiger partial charge on any atom is -0.461 e. The monoisotopic (exact) mass is 220 g/mol. The highest BCUT2D eigenvalue weighted by Gasteiger charge is 2.52. The van der Waals surface area contributed by atoms with E-state index in [2.05, 4.69) is 12.1 Å². The first-order valence-corrected chi connectivity index (χ1v) is 6.15. The third-order valence-electron chi connectivity index (χ3n) is 3.11. The SMILES string of the molecule is O=C1O[C@H]2CC[C@H](Sc3ccccc3)[C@@H]12. The third kappa shape index (κ3) is 1.55. The van der Waals surface area contributed by atoms with E-state index < -0.39 is 0 Å². The fourth-order valence-electron chi connectivity index (χ4n) is 2.32. The molecule has 2 aliphatic rings. The molecule has 0 unspecified atom stereocenters. The van der Waals surface area contributed by atoms with Gasteiger partial charge in [-0.2, -0.15) is 0 Å². The van der Waals surface area contributed by atoms with E-state index in [4.69, 9.17) is 4.74 Å². The molecule has 2 fully saturated rings. The summed E-state index contributed by atoms with van der Waals surface area (Å²) in [5.41, 5.74) is 0. The maximum absolute atomic E-state index is 11.3. The molecule has 1 aromatic rings. The molecule has 15 heavy (non-hydrogen) atoms. The smallest absolute Gasteiger partial charge is 0.314 e. The van der Waals surface area contributed by atoms with Gasteiger partial charge in [0.15, 0.2) is 0 Å². The largest absolute Gasteiger partial charge is 0.461 e. The van der Waals surface area contributed by atoms with E-state index in [1.165, 1.54) is 4.90 Å². The quantitative estimate of drug-likeness (QED) is 0.716. The van der Waals surface area contributed by atoms with Gasteiger partial charge in [0.25, 0.3) is 0 Å². The normalized spacial score (nSPS) is 33.1. The Morgan fingerprint density at radius 3 is 2.73 bits per heavy atom. The molecule has 3 atom stereocenters. The fourth-order valence-corrected chi connectivity index (χ4v) is 3.68. The molecule has 1 aliphatic carbocycles. The molecular weight excluding hydrogens is 208 g/mol. The second kappa shape index (κ2) is 3.56. The molecule has 2 nitrogen and oxygen atoms in total. The Kier molecular flexibility index (Phi) is 2.20. The van der Waals surface area contributed by atoms with Crippen molar-refractivity contribution in [3.8, 4) is 0 Å². The molecule has 78 valence electrons. The summed E-state index contributed by atoms with van der Waals surface area (Å²) in [5.74, 6) is 0.168. The number of carbonyl (C=O) groups is 1. The fraction of sp³-hybridized carbons (Fsp3) is 0.417. The van der Waals surface area contributed by atoms with Gasteiger partial charge in [-0.3, -0.25) is 4.79 Å². The van der Waals surface area contributed by atoms with E-state index in [1.807, 2.05) is 30.0 Å². The van der Waals surface area contributed by atoms with Crippen LogP contribution in [0.2, 0.25) is 0 Å². The van der Waals surface area contributed by atoms with Crippen molar-refractivity contribution in [2.75, 3.05) is 0 Å². The maximum atomic E-state index is 11.3. The lowest BCUT2D eigenvalue weighted by molar-refractivity contribution is -0.179. The average molecular weight is 220 g/mol. The summed E-state index contributed by atoms with van der Waals surface area (Å²) in [4.78, 5) is 12.5. The molecule has 3 rings (SSSR count). The first kappa shape index (κ1) is 9.28. The summed E-state index contributed by atoms with van der Waals surface area (Å²) < 4.78 is 5.08. The summed E-state index contributed by atoms with van der Waals surface area (Å²) in [6, 6.07) is 10.3. The number of fused-ring (bicyclic) bond motifs is 1. The number of rotatable bonds is 2. The van der Waals surface area contributed by atoms with E-state index in [9.17, 15) is 4.79 Å². The van der Waals surface area contributed by atoms with Crippen LogP contribution in [0.1, 0.15) is 12.8 Å². The van der Waals surface area contributed by atoms with Crippen LogP contribution in [0, 0.1) is 5.92 Å². The molecule has 1 aromatic carbocycles. The van der Waals surface area contributed by atoms with Crippen molar-refractivity contribution >= 4 is 17.7 Å². The molecule has 0 aromatic heterocycles. The minimum atomic E-state index is 0.00549. The summed E-state index contributed by atoms with van der Waals surface area (Å²) >= 11 is 1.82. The van der Waals surface area contributed by atoms with Crippen LogP contribution < -0.4 is 0 Å². The van der Waals surface area contributed by atoms with Gasteiger partial charge < -0.3 is 4.74 Å². The molecule has 1 aliphatic heterocycles. The number of esters is 1. The van der Waals surface area contributed by atoms with Crippen LogP contribution in [0.4, 0.5) is 0 Å². The number of ether oxygens (including phenoxy) is 1. The molecule has 0 bridgehead atoms. The third-order valence-corrected chi connectivity index (χ3v) is 4.48. The van der Waals surface area contributed by atoms with Gasteiger partial charge in [0, 0.05) is 10.1 Å². The Morgan fingerprint density at radius 2 is 2.00 bits per heavy atom. The Bertz CT molecular complexity index is 376. The van der Waals surface area contributed by atoms with Gasteiger partial charge in [0.05, 0.1) is 0 Å². The Morgan fingerprint density at radius 1 is 1.20 bits per heavy atom. The van der Waals surface area contributed by atoms with Gasteiger partial charge in [-0.1, -0.05) is 18.2 Å². The highest BCUT2D eigenvalue weighted by Crippen LogP contribution is 2.45. The molecule has 3 heteroatoms. The van der Waals surface area contributed by atoms with Gasteiger partial charge in [0.1, 0.15) is 12.0 Å². The van der Waals surface area contributed by atoms with Crippen LogP contribution in [0.5, 0.6) is 0 Å². The lowest BCUT2D eigenvalue weighted by Gasteiger charge is -2.32. The van der Waals surface area contributed by atoms with Crippen molar-refractivity contribution in [3.05, 3.63) is 30.3 Å². The number of thioether (sulfide) groups is 1. The lowest BCUT2D eigenvalue weighted by Crippen LogP contribution is -2.44. The van der Waals surface area contributed by atoms with Crippen LogP contribution in [0.3, 0.4) is 0 Å². The summed E-state index contributed by atoms with van der Waals surface area (Å²) in [6.45, 7) is 0. The average Bonchev–Trinajstić information content (AvgIpc) is 2.56. The Labute approximate surface area is 93.0 Å². The van der Waals surface area contributed by atoms with Crippen LogP contribution in [-0.4, -0.2) is 17.3 Å². The molecule has 0 amide bonds. The highest BCUT2D eigenvalue weighted by atomic mass is 32.2. The number of carbonyl (C=O) groups excluding carboxylic acids is 1. The zero-order valence-corrected chi connectivity index (χ0v) is 9.07. The van der Waals surface area contributed by atoms with E-state index >= 15 is 0 Å². The highest BCUT2D eigenvalue weighted by molar-refractivity contribution is 8.00. The van der Waals surface area contributed by atoms with Crippen molar-refractivity contribution in [1.29, 1.82) is 0 Å². The van der Waals surface area contributed by atoms with Crippen molar-refractivity contribution < 1.29 is 9.53 Å². The van der Waals surface area contributed by atoms with Crippen LogP contribution in [0.15, 0.2) is 35.2 Å². The number of hydrogen-bond acceptors (Lipinski definition) is 3. The van der Waals surface area contributed by atoms with Crippen molar-refractivity contribution in [2.45, 2.75) is 29.1 Å². The van der Waals surface area contributed by atoms with Crippen molar-refractivity contribution in [3.63, 3.8) is 0 Å². The Hall–Kier alpha value is -0.960. The van der Waals surface area contributed by atoms with Gasteiger partial charge in [-0.25, -0.2) is 0 Å². The van der Waals surface area contributed by atoms with Gasteiger partial charge in [-0.05, 0) is 25.0 Å². The maximum Gasteiger partial charge on any atom is 0.314 e. The summed E-state index contributed by atoms with van der Waals surface area (Å²) in [7, 11) is 0. The molecule has 1 heterocycles.